The number of aromatic nitrogens is 1. The first-order valence-corrected chi connectivity index (χ1v) is 11.8. The predicted octanol–water partition coefficient (Wildman–Crippen LogP) is 3.73. The Morgan fingerprint density at radius 3 is 2.88 bits per heavy atom. The molecule has 0 aliphatic carbocycles. The Balaban J connectivity index is 1.52. The molecule has 1 N–H and O–H groups in total. The average molecular weight is 484 g/mol. The van der Waals surface area contributed by atoms with Crippen LogP contribution in [0.4, 0.5) is 4.39 Å². The van der Waals surface area contributed by atoms with Crippen molar-refractivity contribution in [3.05, 3.63) is 81.1 Å². The number of benzene rings is 2. The second-order valence-corrected chi connectivity index (χ2v) is 8.89. The second-order valence-electron chi connectivity index (χ2n) is 7.94. The van der Waals surface area contributed by atoms with Crippen LogP contribution in [-0.2, 0) is 22.6 Å². The van der Waals surface area contributed by atoms with Crippen LogP contribution in [0.2, 0.25) is 0 Å². The highest BCUT2D eigenvalue weighted by Crippen LogP contribution is 2.37. The normalized spacial score (nSPS) is 15.0. The number of carbonyl (C=O) groups excluding carboxylic acids is 2. The van der Waals surface area contributed by atoms with Crippen molar-refractivity contribution in [3.63, 3.8) is 0 Å². The molecule has 0 saturated carbocycles. The number of rotatable bonds is 8. The van der Waals surface area contributed by atoms with E-state index in [9.17, 15) is 14.0 Å². The summed E-state index contributed by atoms with van der Waals surface area (Å²) in [5.41, 5.74) is 3.08. The van der Waals surface area contributed by atoms with E-state index >= 15 is 0 Å². The molecule has 1 aliphatic heterocycles. The van der Waals surface area contributed by atoms with Crippen molar-refractivity contribution in [1.82, 2.24) is 15.2 Å². The lowest BCUT2D eigenvalue weighted by Crippen LogP contribution is -2.39. The number of fused-ring (bicyclic) bond motifs is 1. The fraction of sp³-hybridized carbons (Fsp3) is 0.320. The van der Waals surface area contributed by atoms with Crippen LogP contribution in [-0.4, -0.2) is 48.5 Å². The SMILES string of the molecule is COCCNC(=O)c1csc(COc2ccc3c(c2)C(c2cccc(F)c2)N(C(C)=O)CC3)n1. The van der Waals surface area contributed by atoms with Gasteiger partial charge in [0.25, 0.3) is 5.91 Å². The molecular formula is C25H26FN3O4S. The first kappa shape index (κ1) is 23.8. The zero-order chi connectivity index (χ0) is 24.1. The number of methoxy groups -OCH3 is 1. The van der Waals surface area contributed by atoms with E-state index in [0.29, 0.717) is 36.1 Å². The predicted molar refractivity (Wildman–Crippen MR) is 126 cm³/mol. The maximum Gasteiger partial charge on any atom is 0.270 e. The fourth-order valence-electron chi connectivity index (χ4n) is 4.04. The minimum absolute atomic E-state index is 0.0645. The van der Waals surface area contributed by atoms with E-state index in [1.165, 1.54) is 30.4 Å². The summed E-state index contributed by atoms with van der Waals surface area (Å²) in [6.45, 7) is 3.15. The Morgan fingerprint density at radius 1 is 1.26 bits per heavy atom. The number of amides is 2. The standard InChI is InChI=1S/C25H26FN3O4S/c1-16(30)29-10-8-17-6-7-20(13-21(17)24(29)18-4-3-5-19(26)12-18)33-14-23-28-22(15-34-23)25(31)27-9-11-32-2/h3-7,12-13,15,24H,8-11,14H2,1-2H3,(H,27,31). The maximum atomic E-state index is 14.0. The number of thiazole rings is 1. The molecule has 0 bridgehead atoms. The summed E-state index contributed by atoms with van der Waals surface area (Å²) in [5, 5.41) is 5.10. The number of ether oxygens (including phenoxy) is 2. The molecule has 178 valence electrons. The summed E-state index contributed by atoms with van der Waals surface area (Å²) in [6, 6.07) is 11.8. The first-order valence-electron chi connectivity index (χ1n) is 11.0. The van der Waals surface area contributed by atoms with Crippen LogP contribution in [0, 0.1) is 5.82 Å². The molecule has 1 aromatic heterocycles. The molecule has 7 nitrogen and oxygen atoms in total. The van der Waals surface area contributed by atoms with E-state index in [4.69, 9.17) is 9.47 Å². The van der Waals surface area contributed by atoms with Gasteiger partial charge < -0.3 is 19.7 Å². The number of nitrogens with one attached hydrogen (secondary N) is 1. The maximum absolute atomic E-state index is 14.0. The van der Waals surface area contributed by atoms with E-state index in [-0.39, 0.29) is 30.3 Å². The number of hydrogen-bond donors (Lipinski definition) is 1. The van der Waals surface area contributed by atoms with Crippen LogP contribution in [0.5, 0.6) is 5.75 Å². The van der Waals surface area contributed by atoms with Crippen molar-refractivity contribution >= 4 is 23.2 Å². The zero-order valence-corrected chi connectivity index (χ0v) is 19.9. The van der Waals surface area contributed by atoms with Crippen molar-refractivity contribution in [2.24, 2.45) is 0 Å². The van der Waals surface area contributed by atoms with Gasteiger partial charge in [-0.05, 0) is 47.4 Å². The number of nitrogens with zero attached hydrogens (tertiary/aromatic N) is 2. The van der Waals surface area contributed by atoms with Crippen LogP contribution in [0.15, 0.2) is 47.8 Å². The summed E-state index contributed by atoms with van der Waals surface area (Å²) < 4.78 is 24.9. The molecule has 2 heterocycles. The molecule has 2 amide bonds. The monoisotopic (exact) mass is 483 g/mol. The van der Waals surface area contributed by atoms with Crippen LogP contribution >= 0.6 is 11.3 Å². The minimum Gasteiger partial charge on any atom is -0.486 e. The second kappa shape index (κ2) is 10.8. The number of hydrogen-bond acceptors (Lipinski definition) is 6. The van der Waals surface area contributed by atoms with Gasteiger partial charge in [-0.15, -0.1) is 11.3 Å². The largest absolute Gasteiger partial charge is 0.486 e. The topological polar surface area (TPSA) is 80.8 Å². The van der Waals surface area contributed by atoms with Gasteiger partial charge in [0.2, 0.25) is 5.91 Å². The molecule has 0 radical (unpaired) electrons. The van der Waals surface area contributed by atoms with Crippen molar-refractivity contribution in [2.75, 3.05) is 26.8 Å². The molecule has 0 fully saturated rings. The van der Waals surface area contributed by atoms with E-state index in [1.54, 1.807) is 23.5 Å². The van der Waals surface area contributed by atoms with Crippen molar-refractivity contribution in [3.8, 4) is 5.75 Å². The molecule has 3 aromatic rings. The first-order chi connectivity index (χ1) is 16.5. The molecule has 1 atom stereocenters. The lowest BCUT2D eigenvalue weighted by atomic mass is 9.88. The Hall–Kier alpha value is -3.30. The quantitative estimate of drug-likeness (QED) is 0.494. The van der Waals surface area contributed by atoms with E-state index in [2.05, 4.69) is 10.3 Å². The summed E-state index contributed by atoms with van der Waals surface area (Å²) in [4.78, 5) is 30.6. The Bertz CT molecular complexity index is 1180. The van der Waals surface area contributed by atoms with Crippen LogP contribution < -0.4 is 10.1 Å². The van der Waals surface area contributed by atoms with Gasteiger partial charge in [-0.1, -0.05) is 18.2 Å². The van der Waals surface area contributed by atoms with Gasteiger partial charge in [-0.25, -0.2) is 9.37 Å². The lowest BCUT2D eigenvalue weighted by molar-refractivity contribution is -0.130. The smallest absolute Gasteiger partial charge is 0.270 e. The molecular weight excluding hydrogens is 457 g/mol. The van der Waals surface area contributed by atoms with Crippen molar-refractivity contribution in [1.29, 1.82) is 0 Å². The van der Waals surface area contributed by atoms with Gasteiger partial charge in [0, 0.05) is 32.5 Å². The van der Waals surface area contributed by atoms with Crippen LogP contribution in [0.1, 0.15) is 45.2 Å². The van der Waals surface area contributed by atoms with Crippen molar-refractivity contribution in [2.45, 2.75) is 26.0 Å². The van der Waals surface area contributed by atoms with Crippen LogP contribution in [0.3, 0.4) is 0 Å². The highest BCUT2D eigenvalue weighted by molar-refractivity contribution is 7.09. The lowest BCUT2D eigenvalue weighted by Gasteiger charge is -2.37. The number of carbonyl (C=O) groups is 2. The molecule has 0 saturated heterocycles. The third-order valence-electron chi connectivity index (χ3n) is 5.65. The van der Waals surface area contributed by atoms with E-state index in [0.717, 1.165) is 23.1 Å². The van der Waals surface area contributed by atoms with E-state index < -0.39 is 0 Å². The van der Waals surface area contributed by atoms with Gasteiger partial charge in [-0.3, -0.25) is 9.59 Å². The van der Waals surface area contributed by atoms with Gasteiger partial charge in [-0.2, -0.15) is 0 Å². The van der Waals surface area contributed by atoms with Gasteiger partial charge in [0.1, 0.15) is 28.9 Å². The average Bonchev–Trinajstić information content (AvgIpc) is 3.31. The van der Waals surface area contributed by atoms with Gasteiger partial charge >= 0.3 is 0 Å². The third kappa shape index (κ3) is 5.43. The van der Waals surface area contributed by atoms with E-state index in [1.807, 2.05) is 24.3 Å². The Kier molecular flexibility index (Phi) is 7.54. The summed E-state index contributed by atoms with van der Waals surface area (Å²) in [5.74, 6) is -0.0425. The summed E-state index contributed by atoms with van der Waals surface area (Å²) >= 11 is 1.35. The highest BCUT2D eigenvalue weighted by atomic mass is 32.1. The molecule has 1 unspecified atom stereocenters. The summed E-state index contributed by atoms with van der Waals surface area (Å²) in [7, 11) is 1.57. The Morgan fingerprint density at radius 2 is 2.12 bits per heavy atom. The fourth-order valence-corrected chi connectivity index (χ4v) is 4.73. The molecule has 1 aliphatic rings. The Labute approximate surface area is 201 Å². The van der Waals surface area contributed by atoms with Gasteiger partial charge in [0.05, 0.1) is 12.6 Å². The summed E-state index contributed by atoms with van der Waals surface area (Å²) in [6.07, 6.45) is 0.717. The molecule has 0 spiro atoms. The van der Waals surface area contributed by atoms with Crippen molar-refractivity contribution < 1.29 is 23.5 Å². The molecule has 4 rings (SSSR count). The molecule has 34 heavy (non-hydrogen) atoms. The van der Waals surface area contributed by atoms with Gasteiger partial charge in [0.15, 0.2) is 0 Å². The highest BCUT2D eigenvalue weighted by Gasteiger charge is 2.31. The molecule has 2 aromatic carbocycles. The zero-order valence-electron chi connectivity index (χ0n) is 19.0. The molecule has 9 heteroatoms. The number of halogens is 1. The van der Waals surface area contributed by atoms with Crippen LogP contribution in [0.25, 0.3) is 0 Å². The third-order valence-corrected chi connectivity index (χ3v) is 6.48. The minimum atomic E-state index is -0.386.